The minimum Gasteiger partial charge on any atom is -0.447 e. The van der Waals surface area contributed by atoms with Crippen LogP contribution in [0.5, 0.6) is 0 Å². The summed E-state index contributed by atoms with van der Waals surface area (Å²) in [6, 6.07) is 11.6. The first-order chi connectivity index (χ1) is 7.28. The second-order valence-corrected chi connectivity index (χ2v) is 4.27. The molecule has 0 aliphatic carbocycles. The van der Waals surface area contributed by atoms with Crippen molar-refractivity contribution < 1.29 is 9.21 Å². The average Bonchev–Trinajstić information content (AvgIpc) is 2.69. The van der Waals surface area contributed by atoms with Crippen molar-refractivity contribution >= 4 is 18.0 Å². The van der Waals surface area contributed by atoms with Gasteiger partial charge in [-0.05, 0) is 31.2 Å². The molecule has 15 heavy (non-hydrogen) atoms. The van der Waals surface area contributed by atoms with Crippen LogP contribution in [-0.2, 0) is 0 Å². The molecule has 3 heteroatoms. The van der Waals surface area contributed by atoms with Gasteiger partial charge < -0.3 is 4.42 Å². The van der Waals surface area contributed by atoms with Crippen molar-refractivity contribution in [1.29, 1.82) is 0 Å². The Morgan fingerprint density at radius 2 is 1.87 bits per heavy atom. The molecule has 2 nitrogen and oxygen atoms in total. The van der Waals surface area contributed by atoms with Crippen molar-refractivity contribution in [2.75, 3.05) is 0 Å². The van der Waals surface area contributed by atoms with Gasteiger partial charge in [-0.1, -0.05) is 29.5 Å². The molecule has 2 aromatic rings. The highest BCUT2D eigenvalue weighted by Gasteiger charge is 2.02. The lowest BCUT2D eigenvalue weighted by molar-refractivity contribution is 0.109. The van der Waals surface area contributed by atoms with E-state index in [9.17, 15) is 4.79 Å². The van der Waals surface area contributed by atoms with Gasteiger partial charge in [-0.15, -0.1) is 0 Å². The molecule has 1 heterocycles. The van der Waals surface area contributed by atoms with Crippen LogP contribution in [0.2, 0.25) is 0 Å². The Bertz CT molecular complexity index is 457. The average molecular weight is 218 g/mol. The number of benzene rings is 1. The van der Waals surface area contributed by atoms with E-state index >= 15 is 0 Å². The molecule has 0 saturated carbocycles. The Hall–Kier alpha value is -1.48. The van der Waals surface area contributed by atoms with Crippen molar-refractivity contribution in [2.45, 2.75) is 16.9 Å². The van der Waals surface area contributed by atoms with Gasteiger partial charge in [-0.2, -0.15) is 0 Å². The van der Waals surface area contributed by atoms with E-state index in [1.54, 1.807) is 12.1 Å². The van der Waals surface area contributed by atoms with E-state index in [0.717, 1.165) is 9.99 Å². The van der Waals surface area contributed by atoms with E-state index in [4.69, 9.17) is 4.42 Å². The number of carbonyl (C=O) groups is 1. The zero-order valence-electron chi connectivity index (χ0n) is 8.27. The van der Waals surface area contributed by atoms with Crippen molar-refractivity contribution in [2.24, 2.45) is 0 Å². The molecule has 0 aliphatic rings. The van der Waals surface area contributed by atoms with Gasteiger partial charge in [0.25, 0.3) is 0 Å². The molecule has 0 atom stereocenters. The van der Waals surface area contributed by atoms with Gasteiger partial charge in [-0.25, -0.2) is 0 Å². The van der Waals surface area contributed by atoms with Gasteiger partial charge in [0.05, 0.1) is 0 Å². The summed E-state index contributed by atoms with van der Waals surface area (Å²) in [5, 5.41) is 0.737. The first-order valence-electron chi connectivity index (χ1n) is 4.57. The fourth-order valence-corrected chi connectivity index (χ4v) is 1.95. The van der Waals surface area contributed by atoms with Gasteiger partial charge >= 0.3 is 0 Å². The predicted octanol–water partition coefficient (Wildman–Crippen LogP) is 3.55. The lowest BCUT2D eigenvalue weighted by Crippen LogP contribution is -1.73. The van der Waals surface area contributed by atoms with E-state index in [2.05, 4.69) is 0 Å². The summed E-state index contributed by atoms with van der Waals surface area (Å²) >= 11 is 1.51. The first kappa shape index (κ1) is 10.1. The van der Waals surface area contributed by atoms with Gasteiger partial charge in [0, 0.05) is 4.90 Å². The van der Waals surface area contributed by atoms with Crippen molar-refractivity contribution in [3.63, 3.8) is 0 Å². The second-order valence-electron chi connectivity index (χ2n) is 3.19. The number of rotatable bonds is 3. The molecular weight excluding hydrogens is 208 g/mol. The minimum atomic E-state index is 0.365. The summed E-state index contributed by atoms with van der Waals surface area (Å²) in [7, 11) is 0. The Balaban J connectivity index is 2.14. The maximum absolute atomic E-state index is 10.4. The maximum atomic E-state index is 10.4. The topological polar surface area (TPSA) is 30.2 Å². The number of hydrogen-bond acceptors (Lipinski definition) is 3. The molecule has 0 aliphatic heterocycles. The number of hydrogen-bond donors (Lipinski definition) is 0. The van der Waals surface area contributed by atoms with E-state index < -0.39 is 0 Å². The van der Waals surface area contributed by atoms with Crippen LogP contribution in [0.25, 0.3) is 0 Å². The zero-order chi connectivity index (χ0) is 10.7. The second kappa shape index (κ2) is 4.36. The largest absolute Gasteiger partial charge is 0.447 e. The van der Waals surface area contributed by atoms with Crippen molar-refractivity contribution in [1.82, 2.24) is 0 Å². The summed E-state index contributed by atoms with van der Waals surface area (Å²) < 4.78 is 5.26. The minimum absolute atomic E-state index is 0.365. The Morgan fingerprint density at radius 3 is 2.47 bits per heavy atom. The maximum Gasteiger partial charge on any atom is 0.185 e. The lowest BCUT2D eigenvalue weighted by atomic mass is 10.2. The van der Waals surface area contributed by atoms with Crippen LogP contribution >= 0.6 is 11.8 Å². The van der Waals surface area contributed by atoms with Crippen LogP contribution in [0, 0.1) is 6.92 Å². The molecule has 76 valence electrons. The van der Waals surface area contributed by atoms with E-state index in [-0.39, 0.29) is 0 Å². The molecule has 0 bridgehead atoms. The quantitative estimate of drug-likeness (QED) is 0.738. The van der Waals surface area contributed by atoms with Crippen molar-refractivity contribution in [3.05, 3.63) is 47.7 Å². The van der Waals surface area contributed by atoms with E-state index in [1.165, 1.54) is 17.3 Å². The molecule has 0 radical (unpaired) electrons. The third-order valence-electron chi connectivity index (χ3n) is 1.96. The third-order valence-corrected chi connectivity index (χ3v) is 2.89. The van der Waals surface area contributed by atoms with Crippen LogP contribution in [0.3, 0.4) is 0 Å². The van der Waals surface area contributed by atoms with Crippen LogP contribution in [0.4, 0.5) is 0 Å². The Labute approximate surface area is 92.3 Å². The molecule has 0 saturated heterocycles. The Kier molecular flexibility index (Phi) is 2.92. The van der Waals surface area contributed by atoms with Gasteiger partial charge in [-0.3, -0.25) is 4.79 Å². The summed E-state index contributed by atoms with van der Waals surface area (Å²) in [5.41, 5.74) is 1.23. The molecule has 0 unspecified atom stereocenters. The molecule has 0 amide bonds. The van der Waals surface area contributed by atoms with Crippen LogP contribution in [-0.4, -0.2) is 6.29 Å². The summed E-state index contributed by atoms with van der Waals surface area (Å²) in [5.74, 6) is 0.365. The summed E-state index contributed by atoms with van der Waals surface area (Å²) in [6.07, 6.45) is 0.708. The van der Waals surface area contributed by atoms with Gasteiger partial charge in [0.2, 0.25) is 0 Å². The number of carbonyl (C=O) groups excluding carboxylic acids is 1. The molecule has 0 spiro atoms. The highest BCUT2D eigenvalue weighted by atomic mass is 32.2. The number of aldehydes is 1. The molecule has 2 rings (SSSR count). The molecule has 0 N–H and O–H groups in total. The standard InChI is InChI=1S/C12H10O2S/c1-9-2-5-11(6-3-9)15-12-7-4-10(8-13)14-12/h2-8H,1H3. The fourth-order valence-electron chi connectivity index (χ4n) is 1.18. The van der Waals surface area contributed by atoms with Gasteiger partial charge in [0.15, 0.2) is 17.1 Å². The predicted molar refractivity (Wildman–Crippen MR) is 59.4 cm³/mol. The monoisotopic (exact) mass is 218 g/mol. The van der Waals surface area contributed by atoms with Crippen LogP contribution < -0.4 is 0 Å². The molecule has 0 fully saturated rings. The first-order valence-corrected chi connectivity index (χ1v) is 5.39. The van der Waals surface area contributed by atoms with Crippen molar-refractivity contribution in [3.8, 4) is 0 Å². The summed E-state index contributed by atoms with van der Waals surface area (Å²) in [4.78, 5) is 11.5. The van der Waals surface area contributed by atoms with Crippen LogP contribution in [0.1, 0.15) is 16.1 Å². The van der Waals surface area contributed by atoms with E-state index in [0.29, 0.717) is 12.0 Å². The lowest BCUT2D eigenvalue weighted by Gasteiger charge is -1.97. The third kappa shape index (κ3) is 2.50. The van der Waals surface area contributed by atoms with E-state index in [1.807, 2.05) is 31.2 Å². The highest BCUT2D eigenvalue weighted by molar-refractivity contribution is 7.99. The normalized spacial score (nSPS) is 10.2. The summed E-state index contributed by atoms with van der Waals surface area (Å²) in [6.45, 7) is 2.05. The highest BCUT2D eigenvalue weighted by Crippen LogP contribution is 2.28. The molecular formula is C12H10O2S. The smallest absolute Gasteiger partial charge is 0.185 e. The SMILES string of the molecule is Cc1ccc(Sc2ccc(C=O)o2)cc1. The fraction of sp³-hybridized carbons (Fsp3) is 0.0833. The van der Waals surface area contributed by atoms with Crippen LogP contribution in [0.15, 0.2) is 50.8 Å². The number of furan rings is 1. The zero-order valence-corrected chi connectivity index (χ0v) is 9.08. The van der Waals surface area contributed by atoms with Gasteiger partial charge in [0.1, 0.15) is 0 Å². The number of aryl methyl sites for hydroxylation is 1. The molecule has 1 aromatic carbocycles. The Morgan fingerprint density at radius 1 is 1.13 bits per heavy atom. The molecule has 1 aromatic heterocycles.